The number of carbonyl (C=O) groups is 1. The second-order valence-corrected chi connectivity index (χ2v) is 9.84. The normalized spacial score (nSPS) is 18.7. The lowest BCUT2D eigenvalue weighted by atomic mass is 9.78. The van der Waals surface area contributed by atoms with Crippen LogP contribution in [0.5, 0.6) is 5.75 Å². The first-order valence-electron chi connectivity index (χ1n) is 12.8. The van der Waals surface area contributed by atoms with E-state index in [0.29, 0.717) is 24.7 Å². The number of ether oxygens (including phenoxy) is 1. The predicted molar refractivity (Wildman–Crippen MR) is 136 cm³/mol. The first-order chi connectivity index (χ1) is 16.9. The standard InChI is InChI=1S/C31H34F2O2/c1-3-7-28-29(32)19-27(20-30(28)33)35-31(34)26-16-14-25(15-17-26)24-12-10-22(11-13-24)18-21(2)23-8-5-4-6-9-23/h4-6,8-13,19-21,25-26H,3,7,14-18H2,1-2H3/t21-,25?,26?/m1/s1. The molecule has 0 bridgehead atoms. The quantitative estimate of drug-likeness (QED) is 0.242. The fraction of sp³-hybridized carbons (Fsp3) is 0.387. The number of rotatable bonds is 8. The van der Waals surface area contributed by atoms with Gasteiger partial charge in [0.25, 0.3) is 0 Å². The third-order valence-electron chi connectivity index (χ3n) is 7.26. The summed E-state index contributed by atoms with van der Waals surface area (Å²) in [5.41, 5.74) is 4.04. The molecule has 0 radical (unpaired) electrons. The van der Waals surface area contributed by atoms with Gasteiger partial charge in [-0.1, -0.05) is 74.9 Å². The molecule has 0 aromatic heterocycles. The zero-order valence-corrected chi connectivity index (χ0v) is 20.6. The minimum Gasteiger partial charge on any atom is -0.426 e. The van der Waals surface area contributed by atoms with Gasteiger partial charge in [-0.05, 0) is 67.1 Å². The minimum absolute atomic E-state index is 0.0488. The summed E-state index contributed by atoms with van der Waals surface area (Å²) in [6.07, 6.45) is 5.21. The van der Waals surface area contributed by atoms with E-state index in [9.17, 15) is 13.6 Å². The van der Waals surface area contributed by atoms with Crippen LogP contribution >= 0.6 is 0 Å². The van der Waals surface area contributed by atoms with E-state index in [1.54, 1.807) is 0 Å². The van der Waals surface area contributed by atoms with E-state index in [-0.39, 0.29) is 17.2 Å². The lowest BCUT2D eigenvalue weighted by Gasteiger charge is -2.27. The van der Waals surface area contributed by atoms with Crippen molar-refractivity contribution in [2.75, 3.05) is 0 Å². The molecule has 0 unspecified atom stereocenters. The van der Waals surface area contributed by atoms with E-state index >= 15 is 0 Å². The molecule has 1 aliphatic carbocycles. The Labute approximate surface area is 207 Å². The average molecular weight is 477 g/mol. The van der Waals surface area contributed by atoms with Crippen molar-refractivity contribution >= 4 is 5.97 Å². The van der Waals surface area contributed by atoms with Crippen LogP contribution < -0.4 is 4.74 Å². The monoisotopic (exact) mass is 476 g/mol. The summed E-state index contributed by atoms with van der Waals surface area (Å²) < 4.78 is 33.7. The molecule has 0 aliphatic heterocycles. The third kappa shape index (κ3) is 6.36. The van der Waals surface area contributed by atoms with E-state index < -0.39 is 17.6 Å². The highest BCUT2D eigenvalue weighted by Crippen LogP contribution is 2.37. The summed E-state index contributed by atoms with van der Waals surface area (Å²) in [6.45, 7) is 4.12. The molecular formula is C31H34F2O2. The van der Waals surface area contributed by atoms with Crippen LogP contribution in [0.2, 0.25) is 0 Å². The fourth-order valence-electron chi connectivity index (χ4n) is 5.17. The van der Waals surface area contributed by atoms with Crippen molar-refractivity contribution in [2.45, 2.75) is 70.6 Å². The first-order valence-corrected chi connectivity index (χ1v) is 12.8. The van der Waals surface area contributed by atoms with Crippen LogP contribution in [0, 0.1) is 17.6 Å². The van der Waals surface area contributed by atoms with Gasteiger partial charge in [0.15, 0.2) is 0 Å². The van der Waals surface area contributed by atoms with Gasteiger partial charge >= 0.3 is 5.97 Å². The Morgan fingerprint density at radius 2 is 1.57 bits per heavy atom. The molecule has 0 N–H and O–H groups in total. The summed E-state index contributed by atoms with van der Waals surface area (Å²) in [5.74, 6) is -1.10. The molecular weight excluding hydrogens is 442 g/mol. The molecule has 1 saturated carbocycles. The number of halogens is 2. The second-order valence-electron chi connectivity index (χ2n) is 9.84. The molecule has 1 fully saturated rings. The van der Waals surface area contributed by atoms with Gasteiger partial charge in [0.05, 0.1) is 5.92 Å². The maximum Gasteiger partial charge on any atom is 0.314 e. The number of hydrogen-bond acceptors (Lipinski definition) is 2. The summed E-state index contributed by atoms with van der Waals surface area (Å²) in [6, 6.07) is 21.7. The van der Waals surface area contributed by atoms with Crippen LogP contribution in [-0.2, 0) is 17.6 Å². The van der Waals surface area contributed by atoms with Gasteiger partial charge in [0.1, 0.15) is 17.4 Å². The first kappa shape index (κ1) is 25.1. The molecule has 35 heavy (non-hydrogen) atoms. The SMILES string of the molecule is CCCc1c(F)cc(OC(=O)C2CCC(c3ccc(C[C@@H](C)c4ccccc4)cc3)CC2)cc1F. The Balaban J connectivity index is 1.29. The molecule has 0 saturated heterocycles. The Morgan fingerprint density at radius 1 is 0.943 bits per heavy atom. The topological polar surface area (TPSA) is 26.3 Å². The lowest BCUT2D eigenvalue weighted by Crippen LogP contribution is -2.25. The second kappa shape index (κ2) is 11.6. The van der Waals surface area contributed by atoms with Crippen LogP contribution in [-0.4, -0.2) is 5.97 Å². The highest BCUT2D eigenvalue weighted by Gasteiger charge is 2.29. The van der Waals surface area contributed by atoms with Crippen LogP contribution in [0.15, 0.2) is 66.7 Å². The molecule has 3 aromatic carbocycles. The van der Waals surface area contributed by atoms with E-state index in [0.717, 1.165) is 44.2 Å². The maximum absolute atomic E-state index is 14.2. The van der Waals surface area contributed by atoms with Gasteiger partial charge in [-0.3, -0.25) is 4.79 Å². The largest absolute Gasteiger partial charge is 0.426 e. The summed E-state index contributed by atoms with van der Waals surface area (Å²) in [5, 5.41) is 0. The summed E-state index contributed by atoms with van der Waals surface area (Å²) in [7, 11) is 0. The van der Waals surface area contributed by atoms with E-state index in [1.165, 1.54) is 16.7 Å². The molecule has 2 nitrogen and oxygen atoms in total. The molecule has 4 heteroatoms. The molecule has 1 atom stereocenters. The van der Waals surface area contributed by atoms with E-state index in [4.69, 9.17) is 4.74 Å². The van der Waals surface area contributed by atoms with Gasteiger partial charge < -0.3 is 4.74 Å². The van der Waals surface area contributed by atoms with Gasteiger partial charge in [0, 0.05) is 17.7 Å². The number of carbonyl (C=O) groups excluding carboxylic acids is 1. The minimum atomic E-state index is -0.653. The number of hydrogen-bond donors (Lipinski definition) is 0. The zero-order chi connectivity index (χ0) is 24.8. The molecule has 0 spiro atoms. The van der Waals surface area contributed by atoms with E-state index in [1.807, 2.05) is 13.0 Å². The third-order valence-corrected chi connectivity index (χ3v) is 7.26. The van der Waals surface area contributed by atoms with Crippen LogP contribution in [0.3, 0.4) is 0 Å². The van der Waals surface area contributed by atoms with Crippen molar-refractivity contribution in [1.29, 1.82) is 0 Å². The smallest absolute Gasteiger partial charge is 0.314 e. The number of benzene rings is 3. The highest BCUT2D eigenvalue weighted by molar-refractivity contribution is 5.75. The Bertz CT molecular complexity index is 1090. The van der Waals surface area contributed by atoms with Crippen molar-refractivity contribution in [3.8, 4) is 5.75 Å². The Kier molecular flexibility index (Phi) is 8.33. The van der Waals surface area contributed by atoms with Crippen LogP contribution in [0.4, 0.5) is 8.78 Å². The van der Waals surface area contributed by atoms with Crippen molar-refractivity contribution < 1.29 is 18.3 Å². The molecule has 0 amide bonds. The van der Waals surface area contributed by atoms with Gasteiger partial charge in [-0.2, -0.15) is 0 Å². The highest BCUT2D eigenvalue weighted by atomic mass is 19.1. The van der Waals surface area contributed by atoms with Crippen LogP contribution in [0.1, 0.15) is 80.0 Å². The van der Waals surface area contributed by atoms with Gasteiger partial charge in [-0.15, -0.1) is 0 Å². The predicted octanol–water partition coefficient (Wildman–Crippen LogP) is 8.14. The van der Waals surface area contributed by atoms with Crippen molar-refractivity contribution in [1.82, 2.24) is 0 Å². The molecule has 184 valence electrons. The molecule has 4 rings (SSSR count). The van der Waals surface area contributed by atoms with Gasteiger partial charge in [-0.25, -0.2) is 8.78 Å². The Morgan fingerprint density at radius 3 is 2.17 bits per heavy atom. The summed E-state index contributed by atoms with van der Waals surface area (Å²) in [4.78, 5) is 12.6. The van der Waals surface area contributed by atoms with Gasteiger partial charge in [0.2, 0.25) is 0 Å². The lowest BCUT2D eigenvalue weighted by molar-refractivity contribution is -0.140. The Hall–Kier alpha value is -3.01. The molecule has 3 aromatic rings. The molecule has 1 aliphatic rings. The van der Waals surface area contributed by atoms with E-state index in [2.05, 4.69) is 55.5 Å². The number of esters is 1. The van der Waals surface area contributed by atoms with Crippen molar-refractivity contribution in [3.63, 3.8) is 0 Å². The molecule has 0 heterocycles. The van der Waals surface area contributed by atoms with Crippen molar-refractivity contribution in [2.24, 2.45) is 5.92 Å². The summed E-state index contributed by atoms with van der Waals surface area (Å²) >= 11 is 0. The van der Waals surface area contributed by atoms with Crippen LogP contribution in [0.25, 0.3) is 0 Å². The average Bonchev–Trinajstić information content (AvgIpc) is 2.87. The van der Waals surface area contributed by atoms with Crippen molar-refractivity contribution in [3.05, 3.63) is 101 Å². The fourth-order valence-corrected chi connectivity index (χ4v) is 5.17. The maximum atomic E-state index is 14.2. The zero-order valence-electron chi connectivity index (χ0n) is 20.6.